The molecule has 1 aromatic carbocycles. The molecule has 0 aliphatic carbocycles. The Balaban J connectivity index is 2.51. The van der Waals surface area contributed by atoms with E-state index in [0.29, 0.717) is 10.7 Å². The van der Waals surface area contributed by atoms with Crippen LogP contribution < -0.4 is 5.32 Å². The second-order valence-electron chi connectivity index (χ2n) is 3.66. The maximum Gasteiger partial charge on any atom is 0.409 e. The number of rotatable bonds is 2. The lowest BCUT2D eigenvalue weighted by molar-refractivity contribution is 0.210. The summed E-state index contributed by atoms with van der Waals surface area (Å²) in [6, 6.07) is 7.79. The summed E-state index contributed by atoms with van der Waals surface area (Å²) in [6.45, 7) is 3.84. The number of nitrogens with one attached hydrogen (secondary N) is 1. The highest BCUT2D eigenvalue weighted by Gasteiger charge is 2.14. The molecule has 17 heavy (non-hydrogen) atoms. The molecule has 0 saturated heterocycles. The van der Waals surface area contributed by atoms with E-state index in [0.717, 1.165) is 16.1 Å². The van der Waals surface area contributed by atoms with Crippen LogP contribution in [0.15, 0.2) is 24.3 Å². The van der Waals surface area contributed by atoms with Gasteiger partial charge in [0.2, 0.25) is 0 Å². The molecule has 0 spiro atoms. The van der Waals surface area contributed by atoms with Crippen molar-refractivity contribution in [2.75, 3.05) is 5.32 Å². The molecule has 4 nitrogen and oxygen atoms in total. The summed E-state index contributed by atoms with van der Waals surface area (Å²) >= 11 is 1.34. The monoisotopic (exact) mass is 248 g/mol. The van der Waals surface area contributed by atoms with Crippen LogP contribution in [0, 0.1) is 13.8 Å². The van der Waals surface area contributed by atoms with Crippen LogP contribution in [0.25, 0.3) is 11.3 Å². The van der Waals surface area contributed by atoms with Gasteiger partial charge in [0.1, 0.15) is 10.7 Å². The van der Waals surface area contributed by atoms with Crippen molar-refractivity contribution in [3.63, 3.8) is 0 Å². The molecule has 0 aliphatic rings. The van der Waals surface area contributed by atoms with E-state index in [1.165, 1.54) is 11.3 Å². The minimum absolute atomic E-state index is 0.573. The smallest absolute Gasteiger partial charge is 0.409 e. The molecule has 88 valence electrons. The van der Waals surface area contributed by atoms with E-state index in [-0.39, 0.29) is 0 Å². The molecule has 0 radical (unpaired) electrons. The fraction of sp³-hybridized carbons (Fsp3) is 0.167. The Labute approximate surface area is 103 Å². The Morgan fingerprint density at radius 2 is 2.06 bits per heavy atom. The molecule has 1 amide bonds. The Kier molecular flexibility index (Phi) is 3.10. The molecule has 2 aromatic rings. The molecule has 0 bridgehead atoms. The number of hydrogen-bond acceptors (Lipinski definition) is 3. The number of nitrogens with zero attached hydrogens (tertiary/aromatic N) is 1. The molecule has 0 unspecified atom stereocenters. The second-order valence-corrected chi connectivity index (χ2v) is 4.86. The van der Waals surface area contributed by atoms with Crippen molar-refractivity contribution in [2.24, 2.45) is 0 Å². The van der Waals surface area contributed by atoms with Crippen LogP contribution in [0.4, 0.5) is 9.80 Å². The fourth-order valence-corrected chi connectivity index (χ4v) is 2.45. The van der Waals surface area contributed by atoms with Gasteiger partial charge >= 0.3 is 6.09 Å². The van der Waals surface area contributed by atoms with E-state index in [1.807, 2.05) is 38.1 Å². The minimum Gasteiger partial charge on any atom is -0.465 e. The topological polar surface area (TPSA) is 62.2 Å². The molecular formula is C12H12N2O2S. The van der Waals surface area contributed by atoms with Gasteiger partial charge in [-0.25, -0.2) is 9.78 Å². The third-order valence-corrected chi connectivity index (χ3v) is 3.24. The number of hydrogen-bond donors (Lipinski definition) is 2. The number of benzene rings is 1. The van der Waals surface area contributed by atoms with Crippen molar-refractivity contribution in [1.29, 1.82) is 0 Å². The normalized spacial score (nSPS) is 10.2. The molecule has 0 saturated carbocycles. The van der Waals surface area contributed by atoms with Crippen LogP contribution in [0.5, 0.6) is 0 Å². The van der Waals surface area contributed by atoms with Crippen molar-refractivity contribution >= 4 is 22.4 Å². The summed E-state index contributed by atoms with van der Waals surface area (Å²) in [6.07, 6.45) is -1.07. The summed E-state index contributed by atoms with van der Waals surface area (Å²) in [5.41, 5.74) is 2.74. The summed E-state index contributed by atoms with van der Waals surface area (Å²) in [5.74, 6) is 0. The van der Waals surface area contributed by atoms with Crippen molar-refractivity contribution in [3.8, 4) is 11.3 Å². The van der Waals surface area contributed by atoms with Gasteiger partial charge in [-0.3, -0.25) is 5.32 Å². The van der Waals surface area contributed by atoms with Gasteiger partial charge in [0, 0.05) is 5.56 Å². The zero-order chi connectivity index (χ0) is 12.4. The quantitative estimate of drug-likeness (QED) is 0.854. The first-order chi connectivity index (χ1) is 8.08. The third-order valence-electron chi connectivity index (χ3n) is 2.35. The minimum atomic E-state index is -1.07. The number of aromatic nitrogens is 1. The maximum absolute atomic E-state index is 10.7. The summed E-state index contributed by atoms with van der Waals surface area (Å²) in [5, 5.41) is 12.6. The van der Waals surface area contributed by atoms with Crippen LogP contribution >= 0.6 is 11.3 Å². The van der Waals surface area contributed by atoms with Gasteiger partial charge in [-0.05, 0) is 19.4 Å². The number of amides is 1. The van der Waals surface area contributed by atoms with E-state index in [2.05, 4.69) is 10.3 Å². The maximum atomic E-state index is 10.7. The standard InChI is InChI=1S/C12H12N2O2S/c1-7-5-3-4-6-9(7)10-11(14-12(15)16)17-8(2)13-10/h3-6,14H,1-2H3,(H,15,16). The molecule has 1 heterocycles. The highest BCUT2D eigenvalue weighted by Crippen LogP contribution is 2.34. The largest absolute Gasteiger partial charge is 0.465 e. The molecule has 0 fully saturated rings. The zero-order valence-corrected chi connectivity index (χ0v) is 10.3. The van der Waals surface area contributed by atoms with Crippen LogP contribution in [-0.4, -0.2) is 16.2 Å². The Hall–Kier alpha value is -1.88. The Morgan fingerprint density at radius 3 is 2.71 bits per heavy atom. The van der Waals surface area contributed by atoms with E-state index in [9.17, 15) is 4.79 Å². The zero-order valence-electron chi connectivity index (χ0n) is 9.52. The highest BCUT2D eigenvalue weighted by molar-refractivity contribution is 7.16. The van der Waals surface area contributed by atoms with E-state index < -0.39 is 6.09 Å². The van der Waals surface area contributed by atoms with Gasteiger partial charge in [-0.1, -0.05) is 24.3 Å². The van der Waals surface area contributed by atoms with Crippen molar-refractivity contribution in [3.05, 3.63) is 34.8 Å². The lowest BCUT2D eigenvalue weighted by Crippen LogP contribution is -2.06. The summed E-state index contributed by atoms with van der Waals surface area (Å²) in [7, 11) is 0. The third kappa shape index (κ3) is 2.45. The van der Waals surface area contributed by atoms with Gasteiger partial charge in [0.05, 0.1) is 5.01 Å². The van der Waals surface area contributed by atoms with Crippen LogP contribution in [0.1, 0.15) is 10.6 Å². The van der Waals surface area contributed by atoms with Crippen molar-refractivity contribution in [1.82, 2.24) is 4.98 Å². The van der Waals surface area contributed by atoms with Crippen LogP contribution in [-0.2, 0) is 0 Å². The van der Waals surface area contributed by atoms with Gasteiger partial charge in [-0.2, -0.15) is 0 Å². The van der Waals surface area contributed by atoms with Crippen molar-refractivity contribution < 1.29 is 9.90 Å². The van der Waals surface area contributed by atoms with Gasteiger partial charge in [0.25, 0.3) is 0 Å². The lowest BCUT2D eigenvalue weighted by atomic mass is 10.1. The molecule has 2 rings (SSSR count). The number of carbonyl (C=O) groups is 1. The first-order valence-electron chi connectivity index (χ1n) is 5.11. The second kappa shape index (κ2) is 4.55. The Morgan fingerprint density at radius 1 is 1.35 bits per heavy atom. The fourth-order valence-electron chi connectivity index (χ4n) is 1.63. The molecule has 0 aliphatic heterocycles. The van der Waals surface area contributed by atoms with E-state index in [1.54, 1.807) is 0 Å². The molecule has 5 heteroatoms. The van der Waals surface area contributed by atoms with Crippen LogP contribution in [0.2, 0.25) is 0 Å². The van der Waals surface area contributed by atoms with E-state index in [4.69, 9.17) is 5.11 Å². The molecule has 2 N–H and O–H groups in total. The van der Waals surface area contributed by atoms with Gasteiger partial charge in [-0.15, -0.1) is 11.3 Å². The number of carboxylic acid groups (broad SMARTS) is 1. The first-order valence-corrected chi connectivity index (χ1v) is 5.93. The molecular weight excluding hydrogens is 236 g/mol. The summed E-state index contributed by atoms with van der Waals surface area (Å²) in [4.78, 5) is 15.1. The predicted octanol–water partition coefficient (Wildman–Crippen LogP) is 3.52. The van der Waals surface area contributed by atoms with Gasteiger partial charge < -0.3 is 5.11 Å². The molecule has 0 atom stereocenters. The average Bonchev–Trinajstić information content (AvgIpc) is 2.59. The number of anilines is 1. The van der Waals surface area contributed by atoms with E-state index >= 15 is 0 Å². The predicted molar refractivity (Wildman–Crippen MR) is 68.7 cm³/mol. The van der Waals surface area contributed by atoms with Crippen LogP contribution in [0.3, 0.4) is 0 Å². The number of thiazole rings is 1. The van der Waals surface area contributed by atoms with Crippen molar-refractivity contribution in [2.45, 2.75) is 13.8 Å². The highest BCUT2D eigenvalue weighted by atomic mass is 32.1. The first kappa shape index (κ1) is 11.6. The SMILES string of the molecule is Cc1nc(-c2ccccc2C)c(NC(=O)O)s1. The average molecular weight is 248 g/mol. The Bertz CT molecular complexity index is 563. The molecule has 1 aromatic heterocycles. The van der Waals surface area contributed by atoms with Gasteiger partial charge in [0.15, 0.2) is 0 Å². The summed E-state index contributed by atoms with van der Waals surface area (Å²) < 4.78 is 0. The number of aryl methyl sites for hydroxylation is 2. The lowest BCUT2D eigenvalue weighted by Gasteiger charge is -2.04.